The zero-order valence-corrected chi connectivity index (χ0v) is 21.7. The number of benzene rings is 2. The lowest BCUT2D eigenvalue weighted by Crippen LogP contribution is -2.10. The molecule has 1 aromatic heterocycles. The number of ketones is 1. The largest absolute Gasteiger partial charge is 0.507 e. The van der Waals surface area contributed by atoms with Crippen molar-refractivity contribution in [2.45, 2.75) is 26.9 Å². The minimum Gasteiger partial charge on any atom is -0.507 e. The number of aryl methyl sites for hydroxylation is 1. The molecule has 0 saturated carbocycles. The van der Waals surface area contributed by atoms with Gasteiger partial charge in [0.2, 0.25) is 5.78 Å². The first-order chi connectivity index (χ1) is 17.5. The van der Waals surface area contributed by atoms with Gasteiger partial charge in [-0.2, -0.15) is 13.2 Å². The average molecular weight is 543 g/mol. The quantitative estimate of drug-likeness (QED) is 0.342. The molecule has 1 heterocycles. The number of ether oxygens (including phenoxy) is 1. The number of anilines is 1. The fourth-order valence-corrected chi connectivity index (χ4v) is 2.91. The summed E-state index contributed by atoms with van der Waals surface area (Å²) in [5.74, 6) is -0.373. The van der Waals surface area contributed by atoms with E-state index >= 15 is 0 Å². The number of nitrogens with one attached hydrogen (secondary N) is 1. The summed E-state index contributed by atoms with van der Waals surface area (Å²) in [4.78, 5) is 24.7. The van der Waals surface area contributed by atoms with Crippen LogP contribution in [0.4, 0.5) is 18.9 Å². The summed E-state index contributed by atoms with van der Waals surface area (Å²) in [7, 11) is 1.72. The Hall–Kier alpha value is -3.63. The number of rotatable bonds is 5. The predicted molar refractivity (Wildman–Crippen MR) is 138 cm³/mol. The van der Waals surface area contributed by atoms with Crippen LogP contribution in [0.2, 0.25) is 5.02 Å². The van der Waals surface area contributed by atoms with Gasteiger partial charge in [0.15, 0.2) is 0 Å². The third-order valence-electron chi connectivity index (χ3n) is 4.23. The molecule has 7 nitrogen and oxygen atoms in total. The molecule has 3 rings (SSSR count). The summed E-state index contributed by atoms with van der Waals surface area (Å²) < 4.78 is 41.7. The molecule has 0 bridgehead atoms. The van der Waals surface area contributed by atoms with E-state index in [0.717, 1.165) is 12.1 Å². The lowest BCUT2D eigenvalue weighted by molar-refractivity contribution is -0.138. The Morgan fingerprint density at radius 2 is 1.73 bits per heavy atom. The van der Waals surface area contributed by atoms with Gasteiger partial charge in [-0.25, -0.2) is 4.98 Å². The molecule has 0 aliphatic carbocycles. The summed E-state index contributed by atoms with van der Waals surface area (Å²) in [5.41, 5.74) is 0.890. The van der Waals surface area contributed by atoms with Gasteiger partial charge in [0.1, 0.15) is 24.0 Å². The number of nitrogens with zero attached hydrogens (tertiary/aromatic N) is 1. The summed E-state index contributed by atoms with van der Waals surface area (Å²) in [6, 6.07) is 12.2. The number of alkyl halides is 3. The van der Waals surface area contributed by atoms with Gasteiger partial charge in [0.25, 0.3) is 0 Å². The standard InChI is InChI=1S/C15H15ClN2O2.C8H7F3O.C2H6O.CH2O/c1-3-20-13-7-5-4-6-11(13)15(19)14-12(17-2)8-10(16)9-18-14;1-5-2-3-7(12)6(4-5)8(9,10)11;1-2-3;1-2/h4-9,17H,3H2,1-2H3;2-4,12H,1H3;3H,2H2,1H3;1H2. The number of para-hydroxylation sites is 1. The van der Waals surface area contributed by atoms with Crippen molar-refractivity contribution < 1.29 is 37.7 Å². The maximum atomic E-state index is 12.6. The number of phenols is 1. The smallest absolute Gasteiger partial charge is 0.419 e. The van der Waals surface area contributed by atoms with Crippen LogP contribution < -0.4 is 10.1 Å². The van der Waals surface area contributed by atoms with Gasteiger partial charge in [-0.05, 0) is 51.1 Å². The number of aromatic hydroxyl groups is 1. The Bertz CT molecular complexity index is 1130. The molecule has 0 aliphatic heterocycles. The molecule has 0 amide bonds. The van der Waals surface area contributed by atoms with Crippen molar-refractivity contribution in [3.63, 3.8) is 0 Å². The van der Waals surface area contributed by atoms with Crippen molar-refractivity contribution in [1.82, 2.24) is 4.98 Å². The van der Waals surface area contributed by atoms with Crippen LogP contribution in [0.3, 0.4) is 0 Å². The normalized spacial score (nSPS) is 9.86. The second-order valence-corrected chi connectivity index (χ2v) is 7.33. The van der Waals surface area contributed by atoms with Crippen molar-refractivity contribution in [2.75, 3.05) is 25.6 Å². The van der Waals surface area contributed by atoms with Crippen molar-refractivity contribution >= 4 is 29.9 Å². The second kappa shape index (κ2) is 16.9. The molecule has 0 atom stereocenters. The Morgan fingerprint density at radius 3 is 2.24 bits per heavy atom. The third kappa shape index (κ3) is 10.9. The highest BCUT2D eigenvalue weighted by Crippen LogP contribution is 2.35. The highest BCUT2D eigenvalue weighted by molar-refractivity contribution is 6.31. The molecule has 0 saturated heterocycles. The number of hydrogen-bond acceptors (Lipinski definition) is 7. The number of phenolic OH excluding ortho intramolecular Hbond substituents is 1. The monoisotopic (exact) mass is 542 g/mol. The number of aliphatic hydroxyl groups excluding tert-OH is 1. The Balaban J connectivity index is 0.000000649. The van der Waals surface area contributed by atoms with Crippen LogP contribution >= 0.6 is 11.6 Å². The van der Waals surface area contributed by atoms with E-state index < -0.39 is 17.5 Å². The first-order valence-electron chi connectivity index (χ1n) is 10.9. The Labute approximate surface area is 218 Å². The summed E-state index contributed by atoms with van der Waals surface area (Å²) >= 11 is 5.89. The van der Waals surface area contributed by atoms with Crippen molar-refractivity contribution in [2.24, 2.45) is 0 Å². The molecule has 0 spiro atoms. The van der Waals surface area contributed by atoms with Gasteiger partial charge < -0.3 is 25.1 Å². The lowest BCUT2D eigenvalue weighted by atomic mass is 10.1. The number of pyridine rings is 1. The Kier molecular flexibility index (Phi) is 15.3. The van der Waals surface area contributed by atoms with Gasteiger partial charge in [-0.1, -0.05) is 35.4 Å². The highest BCUT2D eigenvalue weighted by Gasteiger charge is 2.33. The van der Waals surface area contributed by atoms with E-state index in [1.807, 2.05) is 19.8 Å². The fourth-order valence-electron chi connectivity index (χ4n) is 2.75. The zero-order valence-electron chi connectivity index (χ0n) is 20.9. The molecule has 0 aliphatic rings. The van der Waals surface area contributed by atoms with E-state index in [-0.39, 0.29) is 12.4 Å². The third-order valence-corrected chi connectivity index (χ3v) is 4.43. The number of carbonyl (C=O) groups is 2. The molecular weight excluding hydrogens is 513 g/mol. The van der Waals surface area contributed by atoms with Crippen LogP contribution in [-0.4, -0.2) is 48.0 Å². The molecule has 3 aromatic rings. The van der Waals surface area contributed by atoms with E-state index in [4.69, 9.17) is 31.3 Å². The zero-order chi connectivity index (χ0) is 28.6. The number of aliphatic hydroxyl groups is 1. The van der Waals surface area contributed by atoms with Gasteiger partial charge in [0.05, 0.1) is 28.4 Å². The SMILES string of the molecule is C=O.CCO.CCOc1ccccc1C(=O)c1ncc(Cl)cc1NC.Cc1ccc(O)c(C(F)(F)F)c1. The number of carbonyl (C=O) groups excluding carboxylic acids is 2. The van der Waals surface area contributed by atoms with Crippen LogP contribution in [0.1, 0.15) is 41.0 Å². The molecule has 0 radical (unpaired) electrons. The molecular formula is C26H30ClF3N2O5. The maximum Gasteiger partial charge on any atom is 0.419 e. The van der Waals surface area contributed by atoms with E-state index in [2.05, 4.69) is 10.3 Å². The number of hydrogen-bond donors (Lipinski definition) is 3. The summed E-state index contributed by atoms with van der Waals surface area (Å²) in [5, 5.41) is 19.8. The summed E-state index contributed by atoms with van der Waals surface area (Å²) in [6.07, 6.45) is -3.02. The molecule has 2 aromatic carbocycles. The maximum absolute atomic E-state index is 12.6. The molecule has 0 fully saturated rings. The van der Waals surface area contributed by atoms with Crippen LogP contribution in [0.15, 0.2) is 54.7 Å². The first kappa shape index (κ1) is 33.4. The minimum atomic E-state index is -4.48. The van der Waals surface area contributed by atoms with Gasteiger partial charge in [-0.3, -0.25) is 4.79 Å². The molecule has 3 N–H and O–H groups in total. The minimum absolute atomic E-state index is 0.199. The molecule has 202 valence electrons. The van der Waals surface area contributed by atoms with Gasteiger partial charge >= 0.3 is 6.18 Å². The van der Waals surface area contributed by atoms with Crippen LogP contribution in [0, 0.1) is 6.92 Å². The number of halogens is 4. The molecule has 0 unspecified atom stereocenters. The topological polar surface area (TPSA) is 109 Å². The summed E-state index contributed by atoms with van der Waals surface area (Å²) in [6.45, 7) is 7.84. The van der Waals surface area contributed by atoms with E-state index in [0.29, 0.717) is 39.9 Å². The lowest BCUT2D eigenvalue weighted by Gasteiger charge is -2.11. The first-order valence-corrected chi connectivity index (χ1v) is 11.2. The van der Waals surface area contributed by atoms with Gasteiger partial charge in [-0.15, -0.1) is 0 Å². The second-order valence-electron chi connectivity index (χ2n) is 6.89. The van der Waals surface area contributed by atoms with E-state index in [1.165, 1.54) is 19.2 Å². The average Bonchev–Trinajstić information content (AvgIpc) is 2.87. The van der Waals surface area contributed by atoms with E-state index in [9.17, 15) is 18.0 Å². The Morgan fingerprint density at radius 1 is 1.14 bits per heavy atom. The van der Waals surface area contributed by atoms with Crippen LogP contribution in [-0.2, 0) is 11.0 Å². The van der Waals surface area contributed by atoms with E-state index in [1.54, 1.807) is 38.2 Å². The highest BCUT2D eigenvalue weighted by atomic mass is 35.5. The molecule has 11 heteroatoms. The molecule has 37 heavy (non-hydrogen) atoms. The van der Waals surface area contributed by atoms with Crippen LogP contribution in [0.25, 0.3) is 0 Å². The predicted octanol–water partition coefficient (Wildman–Crippen LogP) is 5.94. The number of aromatic nitrogens is 1. The van der Waals surface area contributed by atoms with Crippen molar-refractivity contribution in [3.8, 4) is 11.5 Å². The fraction of sp³-hybridized carbons (Fsp3) is 0.269. The van der Waals surface area contributed by atoms with Crippen LogP contribution in [0.5, 0.6) is 11.5 Å². The van der Waals surface area contributed by atoms with Crippen molar-refractivity contribution in [3.05, 3.63) is 82.1 Å². The van der Waals surface area contributed by atoms with Crippen molar-refractivity contribution in [1.29, 1.82) is 0 Å². The van der Waals surface area contributed by atoms with Gasteiger partial charge in [0, 0.05) is 19.9 Å².